The predicted molar refractivity (Wildman–Crippen MR) is 109 cm³/mol. The average molecular weight is 388 g/mol. The van der Waals surface area contributed by atoms with Crippen LogP contribution in [0, 0.1) is 0 Å². The summed E-state index contributed by atoms with van der Waals surface area (Å²) in [6.45, 7) is 0.0360. The maximum atomic E-state index is 12.5. The number of ether oxygens (including phenoxy) is 1. The van der Waals surface area contributed by atoms with Crippen molar-refractivity contribution in [2.45, 2.75) is 38.3 Å². The summed E-state index contributed by atoms with van der Waals surface area (Å²) in [5, 5.41) is 0. The molecule has 0 bridgehead atoms. The van der Waals surface area contributed by atoms with E-state index in [1.165, 1.54) is 0 Å². The number of aromatic amines is 1. The Hall–Kier alpha value is -3.48. The predicted octanol–water partition coefficient (Wildman–Crippen LogP) is 3.74. The van der Waals surface area contributed by atoms with Crippen LogP contribution in [0.15, 0.2) is 53.5 Å². The molecule has 2 aromatic heterocycles. The Kier molecular flexibility index (Phi) is 4.35. The summed E-state index contributed by atoms with van der Waals surface area (Å²) < 4.78 is 7.23. The van der Waals surface area contributed by atoms with Crippen LogP contribution in [-0.4, -0.2) is 25.5 Å². The van der Waals surface area contributed by atoms with E-state index >= 15 is 0 Å². The second-order valence-corrected chi connectivity index (χ2v) is 7.40. The summed E-state index contributed by atoms with van der Waals surface area (Å²) in [6, 6.07) is 13.0. The van der Waals surface area contributed by atoms with Crippen LogP contribution >= 0.6 is 0 Å². The highest BCUT2D eigenvalue weighted by Crippen LogP contribution is 2.30. The van der Waals surface area contributed by atoms with Gasteiger partial charge in [0.25, 0.3) is 0 Å². The van der Waals surface area contributed by atoms with Gasteiger partial charge in [0.1, 0.15) is 6.61 Å². The van der Waals surface area contributed by atoms with E-state index in [0.29, 0.717) is 16.8 Å². The Balaban J connectivity index is 1.35. The van der Waals surface area contributed by atoms with Crippen LogP contribution in [0.5, 0.6) is 0 Å². The minimum atomic E-state index is -0.462. The Labute approximate surface area is 166 Å². The van der Waals surface area contributed by atoms with Gasteiger partial charge in [-0.3, -0.25) is 9.55 Å². The summed E-state index contributed by atoms with van der Waals surface area (Å²) in [4.78, 5) is 36.6. The first kappa shape index (κ1) is 17.6. The number of esters is 1. The number of hydrogen-bond acceptors (Lipinski definition) is 5. The van der Waals surface area contributed by atoms with E-state index in [1.807, 2.05) is 34.9 Å². The van der Waals surface area contributed by atoms with E-state index in [-0.39, 0.29) is 18.3 Å². The zero-order valence-electron chi connectivity index (χ0n) is 15.8. The van der Waals surface area contributed by atoms with Crippen molar-refractivity contribution in [3.05, 3.63) is 70.4 Å². The average Bonchev–Trinajstić information content (AvgIpc) is 3.37. The molecule has 0 atom stereocenters. The molecular weight excluding hydrogens is 368 g/mol. The van der Waals surface area contributed by atoms with Crippen molar-refractivity contribution in [1.82, 2.24) is 19.5 Å². The number of carbonyl (C=O) groups excluding carboxylic acids is 1. The van der Waals surface area contributed by atoms with Gasteiger partial charge in [-0.15, -0.1) is 0 Å². The first-order valence-corrected chi connectivity index (χ1v) is 9.81. The van der Waals surface area contributed by atoms with Crippen LogP contribution in [0.1, 0.15) is 47.8 Å². The third-order valence-corrected chi connectivity index (χ3v) is 5.49. The number of fused-ring (bicyclic) bond motifs is 2. The van der Waals surface area contributed by atoms with Crippen LogP contribution in [0.2, 0.25) is 0 Å². The number of H-pyrrole nitrogens is 1. The van der Waals surface area contributed by atoms with Gasteiger partial charge in [0.05, 0.1) is 39.5 Å². The Morgan fingerprint density at radius 1 is 1.14 bits per heavy atom. The number of rotatable bonds is 4. The molecule has 0 saturated heterocycles. The molecule has 1 aliphatic rings. The number of aromatic nitrogens is 4. The van der Waals surface area contributed by atoms with E-state index < -0.39 is 5.97 Å². The van der Waals surface area contributed by atoms with Gasteiger partial charge in [-0.05, 0) is 43.2 Å². The van der Waals surface area contributed by atoms with Gasteiger partial charge >= 0.3 is 11.7 Å². The molecule has 7 heteroatoms. The second-order valence-electron chi connectivity index (χ2n) is 7.40. The highest BCUT2D eigenvalue weighted by atomic mass is 16.5. The molecule has 0 aliphatic heterocycles. The molecule has 2 heterocycles. The number of carbonyl (C=O) groups is 1. The van der Waals surface area contributed by atoms with Gasteiger partial charge in [0.2, 0.25) is 0 Å². The standard InChI is InChI=1S/C22H20N4O3/c27-21(29-13-15-12-23-17-7-3-4-8-18(17)24-15)14-9-10-20-19(11-14)25-22(28)26(20)16-5-1-2-6-16/h3-4,7-12,16H,1-2,5-6,13H2,(H,25,28). The van der Waals surface area contributed by atoms with E-state index in [0.717, 1.165) is 42.2 Å². The fraction of sp³-hybridized carbons (Fsp3) is 0.273. The quantitative estimate of drug-likeness (QED) is 0.538. The molecule has 29 heavy (non-hydrogen) atoms. The van der Waals surface area contributed by atoms with Crippen molar-refractivity contribution < 1.29 is 9.53 Å². The summed E-state index contributed by atoms with van der Waals surface area (Å²) in [7, 11) is 0. The SMILES string of the molecule is O=C(OCc1cnc2ccccc2n1)c1ccc2c(c1)[nH]c(=O)n2C1CCCC1. The number of imidazole rings is 1. The van der Waals surface area contributed by atoms with Crippen molar-refractivity contribution in [3.63, 3.8) is 0 Å². The lowest BCUT2D eigenvalue weighted by Crippen LogP contribution is -2.20. The molecule has 0 amide bonds. The molecular formula is C22H20N4O3. The van der Waals surface area contributed by atoms with E-state index in [2.05, 4.69) is 15.0 Å². The van der Waals surface area contributed by atoms with Crippen LogP contribution in [0.4, 0.5) is 0 Å². The highest BCUT2D eigenvalue weighted by molar-refractivity contribution is 5.93. The number of benzene rings is 2. The minimum absolute atomic E-state index is 0.0360. The van der Waals surface area contributed by atoms with E-state index in [4.69, 9.17) is 4.74 Å². The zero-order valence-corrected chi connectivity index (χ0v) is 15.8. The maximum Gasteiger partial charge on any atom is 0.338 e. The monoisotopic (exact) mass is 388 g/mol. The second kappa shape index (κ2) is 7.16. The minimum Gasteiger partial charge on any atom is -0.456 e. The molecule has 1 aliphatic carbocycles. The molecule has 0 radical (unpaired) electrons. The van der Waals surface area contributed by atoms with Crippen molar-refractivity contribution in [2.24, 2.45) is 0 Å². The van der Waals surface area contributed by atoms with Crippen LogP contribution < -0.4 is 5.69 Å². The lowest BCUT2D eigenvalue weighted by molar-refractivity contribution is 0.0468. The fourth-order valence-electron chi connectivity index (χ4n) is 4.07. The molecule has 4 aromatic rings. The van der Waals surface area contributed by atoms with Gasteiger partial charge in [0.15, 0.2) is 0 Å². The molecule has 146 valence electrons. The molecule has 1 fully saturated rings. The van der Waals surface area contributed by atoms with Crippen LogP contribution in [0.25, 0.3) is 22.1 Å². The maximum absolute atomic E-state index is 12.5. The molecule has 1 N–H and O–H groups in total. The lowest BCUT2D eigenvalue weighted by atomic mass is 10.2. The van der Waals surface area contributed by atoms with Gasteiger partial charge in [-0.1, -0.05) is 25.0 Å². The Morgan fingerprint density at radius 2 is 1.93 bits per heavy atom. The van der Waals surface area contributed by atoms with Crippen molar-refractivity contribution in [3.8, 4) is 0 Å². The number of para-hydroxylation sites is 2. The molecule has 1 saturated carbocycles. The number of nitrogens with zero attached hydrogens (tertiary/aromatic N) is 3. The molecule has 0 spiro atoms. The van der Waals surface area contributed by atoms with E-state index in [9.17, 15) is 9.59 Å². The third kappa shape index (κ3) is 3.29. The topological polar surface area (TPSA) is 89.9 Å². The first-order chi connectivity index (χ1) is 14.2. The summed E-state index contributed by atoms with van der Waals surface area (Å²) in [6.07, 6.45) is 5.93. The summed E-state index contributed by atoms with van der Waals surface area (Å²) in [5.74, 6) is -0.462. The normalized spacial score (nSPS) is 14.6. The van der Waals surface area contributed by atoms with Gasteiger partial charge < -0.3 is 9.72 Å². The number of hydrogen-bond donors (Lipinski definition) is 1. The molecule has 7 nitrogen and oxygen atoms in total. The fourth-order valence-corrected chi connectivity index (χ4v) is 4.07. The van der Waals surface area contributed by atoms with Crippen molar-refractivity contribution in [1.29, 1.82) is 0 Å². The third-order valence-electron chi connectivity index (χ3n) is 5.49. The molecule has 0 unspecified atom stereocenters. The summed E-state index contributed by atoms with van der Waals surface area (Å²) >= 11 is 0. The van der Waals surface area contributed by atoms with Gasteiger partial charge in [-0.2, -0.15) is 0 Å². The van der Waals surface area contributed by atoms with Crippen LogP contribution in [0.3, 0.4) is 0 Å². The molecule has 5 rings (SSSR count). The van der Waals surface area contributed by atoms with Crippen LogP contribution in [-0.2, 0) is 11.3 Å². The van der Waals surface area contributed by atoms with Crippen molar-refractivity contribution in [2.75, 3.05) is 0 Å². The van der Waals surface area contributed by atoms with Crippen molar-refractivity contribution >= 4 is 28.0 Å². The number of nitrogens with one attached hydrogen (secondary N) is 1. The van der Waals surface area contributed by atoms with Gasteiger partial charge in [0, 0.05) is 6.04 Å². The lowest BCUT2D eigenvalue weighted by Gasteiger charge is -2.11. The Morgan fingerprint density at radius 3 is 2.76 bits per heavy atom. The van der Waals surface area contributed by atoms with Gasteiger partial charge in [-0.25, -0.2) is 14.6 Å². The zero-order chi connectivity index (χ0) is 19.8. The molecule has 2 aromatic carbocycles. The summed E-state index contributed by atoms with van der Waals surface area (Å²) in [5.41, 5.74) is 3.89. The smallest absolute Gasteiger partial charge is 0.338 e. The van der Waals surface area contributed by atoms with E-state index in [1.54, 1.807) is 18.3 Å². The first-order valence-electron chi connectivity index (χ1n) is 9.81. The Bertz CT molecular complexity index is 1270. The largest absolute Gasteiger partial charge is 0.456 e. The highest BCUT2D eigenvalue weighted by Gasteiger charge is 2.21.